The minimum absolute atomic E-state index is 0.178. The number of carbonyl (C=O) groups is 1. The van der Waals surface area contributed by atoms with Gasteiger partial charge >= 0.3 is 0 Å². The molecule has 0 aromatic heterocycles. The van der Waals surface area contributed by atoms with Crippen LogP contribution in [0.4, 0.5) is 11.4 Å². The van der Waals surface area contributed by atoms with Crippen LogP contribution in [0.25, 0.3) is 6.08 Å². The molecular formula is C24H17Cl2N3O4. The zero-order valence-electron chi connectivity index (χ0n) is 17.3. The number of nitrogens with zero attached hydrogens (tertiary/aromatic N) is 2. The molecule has 7 nitrogen and oxygen atoms in total. The van der Waals surface area contributed by atoms with Crippen molar-refractivity contribution in [1.82, 2.24) is 0 Å². The van der Waals surface area contributed by atoms with Crippen molar-refractivity contribution in [3.05, 3.63) is 103 Å². The van der Waals surface area contributed by atoms with Crippen molar-refractivity contribution in [2.24, 2.45) is 0 Å². The quantitative estimate of drug-likeness (QED) is 0.183. The van der Waals surface area contributed by atoms with Gasteiger partial charge in [0.1, 0.15) is 18.2 Å². The molecule has 0 bridgehead atoms. The van der Waals surface area contributed by atoms with Gasteiger partial charge in [0.2, 0.25) is 0 Å². The van der Waals surface area contributed by atoms with Crippen molar-refractivity contribution in [3.63, 3.8) is 0 Å². The van der Waals surface area contributed by atoms with E-state index in [9.17, 15) is 20.2 Å². The highest BCUT2D eigenvalue weighted by molar-refractivity contribution is 6.37. The third-order valence-electron chi connectivity index (χ3n) is 4.60. The van der Waals surface area contributed by atoms with Crippen molar-refractivity contribution < 1.29 is 14.5 Å². The lowest BCUT2D eigenvalue weighted by molar-refractivity contribution is -0.384. The average Bonchev–Trinajstić information content (AvgIpc) is 2.78. The number of benzene rings is 3. The lowest BCUT2D eigenvalue weighted by atomic mass is 10.1. The van der Waals surface area contributed by atoms with Gasteiger partial charge in [0, 0.05) is 12.1 Å². The van der Waals surface area contributed by atoms with Gasteiger partial charge in [0.05, 0.1) is 20.7 Å². The first-order chi connectivity index (χ1) is 15.8. The first-order valence-electron chi connectivity index (χ1n) is 9.62. The van der Waals surface area contributed by atoms with Crippen molar-refractivity contribution in [1.29, 1.82) is 5.26 Å². The number of rotatable bonds is 7. The first-order valence-corrected chi connectivity index (χ1v) is 10.4. The molecule has 1 N–H and O–H groups in total. The highest BCUT2D eigenvalue weighted by atomic mass is 35.5. The Balaban J connectivity index is 1.80. The van der Waals surface area contributed by atoms with Gasteiger partial charge in [-0.2, -0.15) is 5.26 Å². The van der Waals surface area contributed by atoms with Crippen LogP contribution >= 0.6 is 23.2 Å². The molecule has 1 amide bonds. The van der Waals surface area contributed by atoms with E-state index >= 15 is 0 Å². The van der Waals surface area contributed by atoms with Crippen LogP contribution in [0, 0.1) is 28.4 Å². The van der Waals surface area contributed by atoms with Gasteiger partial charge in [-0.25, -0.2) is 0 Å². The summed E-state index contributed by atoms with van der Waals surface area (Å²) < 4.78 is 5.73. The van der Waals surface area contributed by atoms with Gasteiger partial charge in [0.15, 0.2) is 5.75 Å². The Morgan fingerprint density at radius 3 is 2.42 bits per heavy atom. The number of halogens is 2. The molecule has 0 atom stereocenters. The highest BCUT2D eigenvalue weighted by Gasteiger charge is 2.16. The molecule has 0 heterocycles. The Morgan fingerprint density at radius 2 is 1.82 bits per heavy atom. The fourth-order valence-electron chi connectivity index (χ4n) is 2.89. The topological polar surface area (TPSA) is 105 Å². The number of nitriles is 1. The molecule has 3 rings (SSSR count). The monoisotopic (exact) mass is 481 g/mol. The van der Waals surface area contributed by atoms with E-state index in [0.717, 1.165) is 5.56 Å². The first kappa shape index (κ1) is 23.8. The third-order valence-corrected chi connectivity index (χ3v) is 5.16. The van der Waals surface area contributed by atoms with E-state index in [-0.39, 0.29) is 39.3 Å². The van der Waals surface area contributed by atoms with Gasteiger partial charge < -0.3 is 10.1 Å². The normalized spacial score (nSPS) is 10.9. The van der Waals surface area contributed by atoms with Crippen molar-refractivity contribution in [2.75, 3.05) is 5.32 Å². The largest absolute Gasteiger partial charge is 0.486 e. The summed E-state index contributed by atoms with van der Waals surface area (Å²) in [6.45, 7) is 1.95. The Labute approximate surface area is 200 Å². The number of anilines is 1. The zero-order valence-corrected chi connectivity index (χ0v) is 18.9. The maximum atomic E-state index is 12.6. The smallest absolute Gasteiger partial charge is 0.271 e. The number of carbonyl (C=O) groups excluding carboxylic acids is 1. The second kappa shape index (κ2) is 10.6. The summed E-state index contributed by atoms with van der Waals surface area (Å²) in [7, 11) is 0. The Hall–Kier alpha value is -3.86. The standard InChI is InChI=1S/C24H17Cl2N3O4/c1-15-7-8-19(29(31)32)12-22(15)28-24(30)18(13-27)9-17-10-20(25)23(21(26)11-17)33-14-16-5-3-2-4-6-16/h2-12H,14H2,1H3,(H,28,30)/b18-9+. The molecule has 3 aromatic carbocycles. The summed E-state index contributed by atoms with van der Waals surface area (Å²) in [5.41, 5.74) is 1.79. The van der Waals surface area contributed by atoms with Crippen LogP contribution in [0.1, 0.15) is 16.7 Å². The summed E-state index contributed by atoms with van der Waals surface area (Å²) in [6, 6.07) is 18.4. The molecule has 0 aliphatic heterocycles. The summed E-state index contributed by atoms with van der Waals surface area (Å²) >= 11 is 12.6. The molecule has 0 aliphatic rings. The molecule has 0 aliphatic carbocycles. The SMILES string of the molecule is Cc1ccc([N+](=O)[O-])cc1NC(=O)/C(C#N)=C/c1cc(Cl)c(OCc2ccccc2)c(Cl)c1. The molecule has 33 heavy (non-hydrogen) atoms. The van der Waals surface area contributed by atoms with Gasteiger partial charge in [-0.15, -0.1) is 0 Å². The molecule has 0 fully saturated rings. The van der Waals surface area contributed by atoms with E-state index in [2.05, 4.69) is 5.32 Å². The summed E-state index contributed by atoms with van der Waals surface area (Å²) in [5.74, 6) is -0.438. The minimum atomic E-state index is -0.724. The number of hydrogen-bond acceptors (Lipinski definition) is 5. The second-order valence-electron chi connectivity index (χ2n) is 6.97. The molecule has 0 saturated heterocycles. The molecule has 0 saturated carbocycles. The Bertz CT molecular complexity index is 1260. The summed E-state index contributed by atoms with van der Waals surface area (Å²) in [6.07, 6.45) is 1.32. The Morgan fingerprint density at radius 1 is 1.15 bits per heavy atom. The summed E-state index contributed by atoms with van der Waals surface area (Å²) in [5, 5.41) is 23.4. The zero-order chi connectivity index (χ0) is 24.0. The van der Waals surface area contributed by atoms with Crippen molar-refractivity contribution >= 4 is 46.6 Å². The van der Waals surface area contributed by atoms with Crippen LogP contribution in [-0.2, 0) is 11.4 Å². The van der Waals surface area contributed by atoms with Gasteiger partial charge in [0.25, 0.3) is 11.6 Å². The molecule has 0 radical (unpaired) electrons. The number of nitro groups is 1. The number of nitrogens with one attached hydrogen (secondary N) is 1. The fourth-order valence-corrected chi connectivity index (χ4v) is 3.51. The number of ether oxygens (including phenoxy) is 1. The molecule has 166 valence electrons. The van der Waals surface area contributed by atoms with Gasteiger partial charge in [-0.05, 0) is 41.8 Å². The molecule has 0 unspecified atom stereocenters. The number of hydrogen-bond donors (Lipinski definition) is 1. The van der Waals surface area contributed by atoms with E-state index in [1.165, 1.54) is 36.4 Å². The molecule has 0 spiro atoms. The van der Waals surface area contributed by atoms with Crippen molar-refractivity contribution in [3.8, 4) is 11.8 Å². The van der Waals surface area contributed by atoms with E-state index in [4.69, 9.17) is 27.9 Å². The molecule has 3 aromatic rings. The number of aryl methyl sites for hydroxylation is 1. The lowest BCUT2D eigenvalue weighted by Crippen LogP contribution is -2.14. The minimum Gasteiger partial charge on any atom is -0.486 e. The van der Waals surface area contributed by atoms with E-state index in [1.807, 2.05) is 36.4 Å². The predicted molar refractivity (Wildman–Crippen MR) is 127 cm³/mol. The third kappa shape index (κ3) is 6.10. The molecular weight excluding hydrogens is 465 g/mol. The maximum Gasteiger partial charge on any atom is 0.271 e. The van der Waals surface area contributed by atoms with Crippen molar-refractivity contribution in [2.45, 2.75) is 13.5 Å². The average molecular weight is 482 g/mol. The number of amides is 1. The van der Waals surface area contributed by atoms with Crippen LogP contribution in [0.15, 0.2) is 66.2 Å². The van der Waals surface area contributed by atoms with Gasteiger partial charge in [-0.1, -0.05) is 59.6 Å². The van der Waals surface area contributed by atoms with Crippen LogP contribution in [0.3, 0.4) is 0 Å². The van der Waals surface area contributed by atoms with E-state index < -0.39 is 10.8 Å². The highest BCUT2D eigenvalue weighted by Crippen LogP contribution is 2.35. The number of non-ortho nitro benzene ring substituents is 1. The fraction of sp³-hybridized carbons (Fsp3) is 0.0833. The molecule has 9 heteroatoms. The van der Waals surface area contributed by atoms with E-state index in [1.54, 1.807) is 6.92 Å². The van der Waals surface area contributed by atoms with Gasteiger partial charge in [-0.3, -0.25) is 14.9 Å². The van der Waals surface area contributed by atoms with E-state index in [0.29, 0.717) is 11.1 Å². The maximum absolute atomic E-state index is 12.6. The van der Waals surface area contributed by atoms with Crippen LogP contribution in [-0.4, -0.2) is 10.8 Å². The lowest BCUT2D eigenvalue weighted by Gasteiger charge is -2.11. The summed E-state index contributed by atoms with van der Waals surface area (Å²) in [4.78, 5) is 23.0. The van der Waals surface area contributed by atoms with Crippen LogP contribution in [0.2, 0.25) is 10.0 Å². The number of nitro benzene ring substituents is 1. The second-order valence-corrected chi connectivity index (χ2v) is 7.78. The predicted octanol–water partition coefficient (Wildman–Crippen LogP) is 6.33. The Kier molecular flexibility index (Phi) is 7.67. The van der Waals surface area contributed by atoms with Crippen LogP contribution in [0.5, 0.6) is 5.75 Å². The van der Waals surface area contributed by atoms with Crippen LogP contribution < -0.4 is 10.1 Å².